The van der Waals surface area contributed by atoms with E-state index in [2.05, 4.69) is 38.1 Å². The van der Waals surface area contributed by atoms with E-state index in [0.717, 1.165) is 36.9 Å². The van der Waals surface area contributed by atoms with Gasteiger partial charge in [-0.15, -0.1) is 0 Å². The Hall–Kier alpha value is -0.610. The predicted molar refractivity (Wildman–Crippen MR) is 88.8 cm³/mol. The summed E-state index contributed by atoms with van der Waals surface area (Å²) >= 11 is 2.36. The van der Waals surface area contributed by atoms with E-state index < -0.39 is 6.04 Å². The molecule has 0 saturated carbocycles. The summed E-state index contributed by atoms with van der Waals surface area (Å²) in [5, 5.41) is 12.8. The highest BCUT2D eigenvalue weighted by Crippen LogP contribution is 2.11. The molecule has 0 radical (unpaired) electrons. The molecule has 1 atom stereocenters. The lowest BCUT2D eigenvalue weighted by Gasteiger charge is -2.31. The van der Waals surface area contributed by atoms with Crippen LogP contribution in [-0.2, 0) is 4.79 Å². The first-order valence-electron chi connectivity index (χ1n) is 6.95. The van der Waals surface area contributed by atoms with Crippen LogP contribution in [0.2, 0.25) is 0 Å². The van der Waals surface area contributed by atoms with Gasteiger partial charge >= 0.3 is 0 Å². The molecule has 8 heteroatoms. The maximum absolute atomic E-state index is 12.0. The fraction of sp³-hybridized carbons (Fsp3) is 0.833. The van der Waals surface area contributed by atoms with Crippen LogP contribution in [0, 0.1) is 5.41 Å². The monoisotopic (exact) mass is 396 g/mol. The van der Waals surface area contributed by atoms with E-state index in [1.807, 2.05) is 0 Å². The number of nitrogens with zero attached hydrogens (tertiary/aromatic N) is 1. The molecular weight excluding hydrogens is 371 g/mol. The summed E-state index contributed by atoms with van der Waals surface area (Å²) < 4.78 is 1.04. The van der Waals surface area contributed by atoms with Crippen molar-refractivity contribution in [2.75, 3.05) is 24.2 Å². The van der Waals surface area contributed by atoms with E-state index in [4.69, 9.17) is 16.9 Å². The van der Waals surface area contributed by atoms with Crippen molar-refractivity contribution in [2.24, 2.45) is 11.5 Å². The van der Waals surface area contributed by atoms with E-state index >= 15 is 0 Å². The molecule has 1 aliphatic heterocycles. The maximum atomic E-state index is 12.0. The third-order valence-corrected chi connectivity index (χ3v) is 4.41. The molecule has 7 N–H and O–H groups in total. The minimum absolute atomic E-state index is 0.0509. The van der Waals surface area contributed by atoms with Crippen molar-refractivity contribution in [2.45, 2.75) is 37.8 Å². The number of amides is 1. The summed E-state index contributed by atoms with van der Waals surface area (Å²) in [6.07, 6.45) is 3.31. The zero-order valence-corrected chi connectivity index (χ0v) is 13.9. The van der Waals surface area contributed by atoms with Gasteiger partial charge in [-0.2, -0.15) is 0 Å². The number of hydrogen-bond donors (Lipinski definition) is 5. The van der Waals surface area contributed by atoms with Crippen LogP contribution in [0.3, 0.4) is 0 Å². The van der Waals surface area contributed by atoms with Crippen LogP contribution in [0.15, 0.2) is 0 Å². The number of guanidine groups is 1. The highest BCUT2D eigenvalue weighted by atomic mass is 127. The van der Waals surface area contributed by atoms with Crippen molar-refractivity contribution in [1.82, 2.24) is 15.5 Å². The summed E-state index contributed by atoms with van der Waals surface area (Å²) in [5.74, 6) is -0.120. The number of carbonyl (C=O) groups is 1. The lowest BCUT2D eigenvalue weighted by Crippen LogP contribution is -2.49. The third-order valence-electron chi connectivity index (χ3n) is 3.45. The average Bonchev–Trinajstić information content (AvgIpc) is 2.44. The van der Waals surface area contributed by atoms with Gasteiger partial charge in [0.25, 0.3) is 0 Å². The minimum Gasteiger partial charge on any atom is -0.370 e. The summed E-state index contributed by atoms with van der Waals surface area (Å²) in [5.41, 5.74) is 11.0. The molecule has 0 spiro atoms. The summed E-state index contributed by atoms with van der Waals surface area (Å²) in [6, 6.07) is -0.227. The molecule has 1 aliphatic rings. The highest BCUT2D eigenvalue weighted by Gasteiger charge is 2.22. The van der Waals surface area contributed by atoms with Gasteiger partial charge in [-0.05, 0) is 25.7 Å². The van der Waals surface area contributed by atoms with Crippen LogP contribution < -0.4 is 22.1 Å². The van der Waals surface area contributed by atoms with Crippen molar-refractivity contribution in [1.29, 1.82) is 5.41 Å². The molecule has 1 heterocycles. The van der Waals surface area contributed by atoms with Crippen molar-refractivity contribution in [3.63, 3.8) is 0 Å². The van der Waals surface area contributed by atoms with Gasteiger partial charge in [0.1, 0.15) is 0 Å². The third kappa shape index (κ3) is 6.71. The van der Waals surface area contributed by atoms with Crippen LogP contribution in [-0.4, -0.2) is 53.0 Å². The van der Waals surface area contributed by atoms with Crippen LogP contribution in [0.4, 0.5) is 0 Å². The van der Waals surface area contributed by atoms with Crippen molar-refractivity contribution >= 4 is 34.5 Å². The molecule has 20 heavy (non-hydrogen) atoms. The van der Waals surface area contributed by atoms with Gasteiger partial charge in [-0.3, -0.25) is 15.1 Å². The molecule has 0 aliphatic carbocycles. The number of piperidine rings is 1. The molecule has 1 saturated heterocycles. The Morgan fingerprint density at radius 2 is 2.10 bits per heavy atom. The van der Waals surface area contributed by atoms with Gasteiger partial charge in [-0.1, -0.05) is 22.6 Å². The Labute approximate surface area is 133 Å². The molecule has 1 rings (SSSR count). The molecule has 0 aromatic heterocycles. The Kier molecular flexibility index (Phi) is 8.15. The number of likely N-dealkylation sites (tertiary alicyclic amines) is 1. The standard InChI is InChI=1S/C12H25IN6O/c13-8-19-6-3-9(4-7-19)18-11(20)10(14)2-1-5-17-12(15)16/h9-10H,1-8,14H2,(H,18,20)(H4,15,16,17)/t10-/m0/s1. The first kappa shape index (κ1) is 17.4. The second-order valence-corrected chi connectivity index (χ2v) is 5.79. The van der Waals surface area contributed by atoms with Crippen molar-refractivity contribution in [3.05, 3.63) is 0 Å². The van der Waals surface area contributed by atoms with Crippen LogP contribution >= 0.6 is 22.6 Å². The largest absolute Gasteiger partial charge is 0.370 e. The number of carbonyl (C=O) groups excluding carboxylic acids is 1. The molecule has 7 nitrogen and oxygen atoms in total. The first-order chi connectivity index (χ1) is 9.52. The van der Waals surface area contributed by atoms with Gasteiger partial charge in [0, 0.05) is 25.7 Å². The Balaban J connectivity index is 2.16. The van der Waals surface area contributed by atoms with E-state index in [0.29, 0.717) is 13.0 Å². The van der Waals surface area contributed by atoms with Gasteiger partial charge in [0.2, 0.25) is 5.91 Å². The molecule has 116 valence electrons. The number of alkyl halides is 1. The van der Waals surface area contributed by atoms with Crippen molar-refractivity contribution < 1.29 is 4.79 Å². The smallest absolute Gasteiger partial charge is 0.237 e. The predicted octanol–water partition coefficient (Wildman–Crippen LogP) is -0.450. The second-order valence-electron chi connectivity index (χ2n) is 5.11. The molecule has 1 amide bonds. The van der Waals surface area contributed by atoms with E-state index in [1.54, 1.807) is 0 Å². The minimum atomic E-state index is -0.480. The number of hydrogen-bond acceptors (Lipinski definition) is 4. The number of rotatable bonds is 7. The van der Waals surface area contributed by atoms with Crippen LogP contribution in [0.1, 0.15) is 25.7 Å². The summed E-state index contributed by atoms with van der Waals surface area (Å²) in [6.45, 7) is 2.64. The molecule has 0 unspecified atom stereocenters. The molecule has 0 aromatic rings. The van der Waals surface area contributed by atoms with E-state index in [1.165, 1.54) is 0 Å². The van der Waals surface area contributed by atoms with Crippen LogP contribution in [0.5, 0.6) is 0 Å². The lowest BCUT2D eigenvalue weighted by molar-refractivity contribution is -0.123. The number of halogens is 1. The number of nitrogens with one attached hydrogen (secondary N) is 3. The van der Waals surface area contributed by atoms with Crippen molar-refractivity contribution in [3.8, 4) is 0 Å². The van der Waals surface area contributed by atoms with Gasteiger partial charge < -0.3 is 22.1 Å². The fourth-order valence-electron chi connectivity index (χ4n) is 2.18. The molecular formula is C12H25IN6O. The first-order valence-corrected chi connectivity index (χ1v) is 8.47. The van der Waals surface area contributed by atoms with Gasteiger partial charge in [0.05, 0.1) is 10.6 Å². The molecule has 1 fully saturated rings. The average molecular weight is 396 g/mol. The molecule has 0 aromatic carbocycles. The zero-order chi connectivity index (χ0) is 15.0. The topological polar surface area (TPSA) is 120 Å². The summed E-state index contributed by atoms with van der Waals surface area (Å²) in [7, 11) is 0. The van der Waals surface area contributed by atoms with Crippen LogP contribution in [0.25, 0.3) is 0 Å². The summed E-state index contributed by atoms with van der Waals surface area (Å²) in [4.78, 5) is 14.3. The second kappa shape index (κ2) is 9.35. The SMILES string of the molecule is N=C(N)NCCC[C@H](N)C(=O)NC1CCN(CI)CC1. The fourth-order valence-corrected chi connectivity index (χ4v) is 2.86. The van der Waals surface area contributed by atoms with Gasteiger partial charge in [-0.25, -0.2) is 0 Å². The quantitative estimate of drug-likeness (QED) is 0.0997. The highest BCUT2D eigenvalue weighted by molar-refractivity contribution is 14.1. The normalized spacial score (nSPS) is 18.5. The zero-order valence-electron chi connectivity index (χ0n) is 11.7. The lowest BCUT2D eigenvalue weighted by atomic mass is 10.0. The Morgan fingerprint density at radius 1 is 1.45 bits per heavy atom. The molecule has 0 bridgehead atoms. The Morgan fingerprint density at radius 3 is 2.65 bits per heavy atom. The maximum Gasteiger partial charge on any atom is 0.237 e. The van der Waals surface area contributed by atoms with E-state index in [9.17, 15) is 4.79 Å². The van der Waals surface area contributed by atoms with Gasteiger partial charge in [0.15, 0.2) is 5.96 Å². The van der Waals surface area contributed by atoms with E-state index in [-0.39, 0.29) is 17.9 Å². The number of nitrogens with two attached hydrogens (primary N) is 2. The Bertz CT molecular complexity index is 319.